The maximum absolute atomic E-state index is 13.1. The van der Waals surface area contributed by atoms with E-state index < -0.39 is 5.41 Å². The molecule has 3 rings (SSSR count). The molecule has 0 aromatic heterocycles. The topological polar surface area (TPSA) is 85.7 Å². The van der Waals surface area contributed by atoms with Crippen LogP contribution in [0.15, 0.2) is 0 Å². The predicted octanol–water partition coefficient (Wildman–Crippen LogP) is 0.120. The van der Waals surface area contributed by atoms with Crippen molar-refractivity contribution in [3.8, 4) is 6.07 Å². The number of carbonyl (C=O) groups excluding carboxylic acids is 2. The summed E-state index contributed by atoms with van der Waals surface area (Å²) >= 11 is 0. The highest BCUT2D eigenvalue weighted by atomic mass is 16.5. The van der Waals surface area contributed by atoms with Crippen molar-refractivity contribution in [1.29, 1.82) is 5.26 Å². The van der Waals surface area contributed by atoms with Gasteiger partial charge >= 0.3 is 0 Å². The largest absolute Gasteiger partial charge is 0.381 e. The molecule has 0 saturated carbocycles. The van der Waals surface area contributed by atoms with Crippen molar-refractivity contribution < 1.29 is 14.3 Å². The number of amides is 2. The van der Waals surface area contributed by atoms with E-state index in [1.165, 1.54) is 0 Å². The fourth-order valence-electron chi connectivity index (χ4n) is 4.17. The minimum atomic E-state index is -0.936. The van der Waals surface area contributed by atoms with Crippen molar-refractivity contribution in [2.75, 3.05) is 46.4 Å². The number of nitrogens with one attached hydrogen (secondary N) is 1. The van der Waals surface area contributed by atoms with Crippen LogP contribution in [0.4, 0.5) is 0 Å². The summed E-state index contributed by atoms with van der Waals surface area (Å²) in [5.41, 5.74) is -1.11. The SMILES string of the molecule is CN1CCN(C(=O)C2(C#N)CCOCC2)CC12CCNC(=O)CC2. The van der Waals surface area contributed by atoms with Gasteiger partial charge in [-0.05, 0) is 32.7 Å². The van der Waals surface area contributed by atoms with E-state index in [-0.39, 0.29) is 17.4 Å². The van der Waals surface area contributed by atoms with E-state index in [0.29, 0.717) is 52.1 Å². The number of carbonyl (C=O) groups is 2. The Balaban J connectivity index is 1.78. The van der Waals surface area contributed by atoms with Crippen LogP contribution in [0, 0.1) is 16.7 Å². The minimum absolute atomic E-state index is 0.0516. The monoisotopic (exact) mass is 334 g/mol. The van der Waals surface area contributed by atoms with Gasteiger partial charge in [0.25, 0.3) is 0 Å². The van der Waals surface area contributed by atoms with Gasteiger partial charge in [0.05, 0.1) is 6.07 Å². The molecule has 0 aromatic rings. The average molecular weight is 334 g/mol. The lowest BCUT2D eigenvalue weighted by atomic mass is 9.79. The third kappa shape index (κ3) is 3.01. The molecule has 3 aliphatic heterocycles. The Morgan fingerprint density at radius 2 is 2.00 bits per heavy atom. The van der Waals surface area contributed by atoms with Gasteiger partial charge in [-0.3, -0.25) is 14.5 Å². The fraction of sp³-hybridized carbons (Fsp3) is 0.824. The fourth-order valence-corrected chi connectivity index (χ4v) is 4.17. The molecule has 1 spiro atoms. The van der Waals surface area contributed by atoms with Gasteiger partial charge in [-0.15, -0.1) is 0 Å². The van der Waals surface area contributed by atoms with Crippen LogP contribution in [0.1, 0.15) is 32.1 Å². The molecule has 3 heterocycles. The lowest BCUT2D eigenvalue weighted by Crippen LogP contribution is -2.64. The van der Waals surface area contributed by atoms with E-state index >= 15 is 0 Å². The van der Waals surface area contributed by atoms with E-state index in [9.17, 15) is 14.9 Å². The Morgan fingerprint density at radius 1 is 1.25 bits per heavy atom. The van der Waals surface area contributed by atoms with Gasteiger partial charge in [0, 0.05) is 51.4 Å². The molecule has 7 heteroatoms. The summed E-state index contributed by atoms with van der Waals surface area (Å²) in [6.45, 7) is 3.60. The van der Waals surface area contributed by atoms with Crippen LogP contribution < -0.4 is 5.32 Å². The molecule has 132 valence electrons. The molecule has 3 saturated heterocycles. The van der Waals surface area contributed by atoms with Crippen LogP contribution >= 0.6 is 0 Å². The first-order valence-corrected chi connectivity index (χ1v) is 8.78. The van der Waals surface area contributed by atoms with Crippen LogP contribution in [0.2, 0.25) is 0 Å². The van der Waals surface area contributed by atoms with Gasteiger partial charge in [-0.1, -0.05) is 0 Å². The first kappa shape index (κ1) is 17.2. The number of ether oxygens (including phenoxy) is 1. The van der Waals surface area contributed by atoms with Crippen molar-refractivity contribution in [3.05, 3.63) is 0 Å². The van der Waals surface area contributed by atoms with Gasteiger partial charge in [0.15, 0.2) is 0 Å². The first-order valence-electron chi connectivity index (χ1n) is 8.78. The second kappa shape index (κ2) is 6.69. The molecule has 2 amide bonds. The molecule has 1 unspecified atom stereocenters. The van der Waals surface area contributed by atoms with Crippen LogP contribution in [0.3, 0.4) is 0 Å². The normalized spacial score (nSPS) is 31.2. The Hall–Kier alpha value is -1.65. The molecular formula is C17H26N4O3. The molecule has 0 aliphatic carbocycles. The number of nitrogens with zero attached hydrogens (tertiary/aromatic N) is 3. The molecule has 3 fully saturated rings. The average Bonchev–Trinajstić information content (AvgIpc) is 2.80. The van der Waals surface area contributed by atoms with Crippen molar-refractivity contribution in [3.63, 3.8) is 0 Å². The van der Waals surface area contributed by atoms with Crippen LogP contribution in [0.5, 0.6) is 0 Å². The highest BCUT2D eigenvalue weighted by Gasteiger charge is 2.48. The molecule has 0 aromatic carbocycles. The van der Waals surface area contributed by atoms with E-state index in [4.69, 9.17) is 4.74 Å². The van der Waals surface area contributed by atoms with Crippen LogP contribution in [0.25, 0.3) is 0 Å². The maximum Gasteiger partial charge on any atom is 0.243 e. The number of hydrogen-bond acceptors (Lipinski definition) is 5. The van der Waals surface area contributed by atoms with Gasteiger partial charge in [-0.25, -0.2) is 0 Å². The summed E-state index contributed by atoms with van der Waals surface area (Å²) in [4.78, 5) is 29.0. The van der Waals surface area contributed by atoms with Crippen LogP contribution in [-0.4, -0.2) is 73.6 Å². The van der Waals surface area contributed by atoms with Crippen molar-refractivity contribution in [2.24, 2.45) is 5.41 Å². The van der Waals surface area contributed by atoms with Crippen molar-refractivity contribution in [1.82, 2.24) is 15.1 Å². The second-order valence-electron chi connectivity index (χ2n) is 7.28. The molecule has 7 nitrogen and oxygen atoms in total. The Morgan fingerprint density at radius 3 is 2.71 bits per heavy atom. The Kier molecular flexibility index (Phi) is 4.79. The number of piperazine rings is 1. The van der Waals surface area contributed by atoms with E-state index in [0.717, 1.165) is 19.4 Å². The third-order valence-corrected chi connectivity index (χ3v) is 5.99. The molecule has 1 atom stereocenters. The molecule has 0 radical (unpaired) electrons. The van der Waals surface area contributed by atoms with Gasteiger partial charge in [0.1, 0.15) is 5.41 Å². The zero-order chi connectivity index (χ0) is 17.2. The second-order valence-corrected chi connectivity index (χ2v) is 7.28. The standard InChI is InChI=1S/C17H26N4O3/c1-20-8-9-21(13-17(20)3-2-14(22)19-7-4-17)15(23)16(12-18)5-10-24-11-6-16/h2-11,13H2,1H3,(H,19,22). The van der Waals surface area contributed by atoms with Crippen LogP contribution in [-0.2, 0) is 14.3 Å². The van der Waals surface area contributed by atoms with Gasteiger partial charge in [0.2, 0.25) is 11.8 Å². The van der Waals surface area contributed by atoms with Crippen molar-refractivity contribution in [2.45, 2.75) is 37.6 Å². The maximum atomic E-state index is 13.1. The van der Waals surface area contributed by atoms with E-state index in [1.807, 2.05) is 4.90 Å². The molecule has 0 bridgehead atoms. The summed E-state index contributed by atoms with van der Waals surface area (Å²) in [5.74, 6) is 0.0333. The third-order valence-electron chi connectivity index (χ3n) is 5.99. The molecule has 24 heavy (non-hydrogen) atoms. The zero-order valence-corrected chi connectivity index (χ0v) is 14.3. The van der Waals surface area contributed by atoms with Gasteiger partial charge in [-0.2, -0.15) is 5.26 Å². The van der Waals surface area contributed by atoms with E-state index in [1.54, 1.807) is 0 Å². The van der Waals surface area contributed by atoms with Gasteiger partial charge < -0.3 is 15.0 Å². The quantitative estimate of drug-likeness (QED) is 0.736. The molecule has 3 aliphatic rings. The molecule has 1 N–H and O–H groups in total. The zero-order valence-electron chi connectivity index (χ0n) is 14.3. The number of rotatable bonds is 1. The highest BCUT2D eigenvalue weighted by molar-refractivity contribution is 5.86. The smallest absolute Gasteiger partial charge is 0.243 e. The predicted molar refractivity (Wildman–Crippen MR) is 86.9 cm³/mol. The lowest BCUT2D eigenvalue weighted by molar-refractivity contribution is -0.149. The minimum Gasteiger partial charge on any atom is -0.381 e. The summed E-state index contributed by atoms with van der Waals surface area (Å²) in [6.07, 6.45) is 3.02. The Bertz CT molecular complexity index is 553. The first-order chi connectivity index (χ1) is 11.5. The Labute approximate surface area is 142 Å². The number of hydrogen-bond donors (Lipinski definition) is 1. The summed E-state index contributed by atoms with van der Waals surface area (Å²) in [6, 6.07) is 2.29. The summed E-state index contributed by atoms with van der Waals surface area (Å²) in [5, 5.41) is 12.6. The van der Waals surface area contributed by atoms with E-state index in [2.05, 4.69) is 23.3 Å². The number of likely N-dealkylation sites (N-methyl/N-ethyl adjacent to an activating group) is 1. The highest BCUT2D eigenvalue weighted by Crippen LogP contribution is 2.36. The lowest BCUT2D eigenvalue weighted by Gasteiger charge is -2.50. The summed E-state index contributed by atoms with van der Waals surface area (Å²) in [7, 11) is 2.08. The summed E-state index contributed by atoms with van der Waals surface area (Å²) < 4.78 is 5.34. The van der Waals surface area contributed by atoms with Crippen molar-refractivity contribution >= 4 is 11.8 Å². The molecular weight excluding hydrogens is 308 g/mol. The number of nitriles is 1.